The fourth-order valence-electron chi connectivity index (χ4n) is 3.16. The summed E-state index contributed by atoms with van der Waals surface area (Å²) in [5.74, 6) is -0.343. The van der Waals surface area contributed by atoms with Gasteiger partial charge in [0.1, 0.15) is 6.04 Å². The molecule has 1 aliphatic rings. The van der Waals surface area contributed by atoms with Crippen LogP contribution in [0.2, 0.25) is 0 Å². The van der Waals surface area contributed by atoms with Crippen LogP contribution < -0.4 is 11.1 Å². The highest BCUT2D eigenvalue weighted by Crippen LogP contribution is 2.21. The molecule has 6 nitrogen and oxygen atoms in total. The molecule has 0 radical (unpaired) electrons. The van der Waals surface area contributed by atoms with Crippen LogP contribution in [0.3, 0.4) is 0 Å². The molecule has 2 rings (SSSR count). The third kappa shape index (κ3) is 5.54. The largest absolute Gasteiger partial charge is 0.375 e. The van der Waals surface area contributed by atoms with Gasteiger partial charge < -0.3 is 20.7 Å². The van der Waals surface area contributed by atoms with Crippen LogP contribution in [0.25, 0.3) is 0 Å². The molecule has 1 aromatic carbocycles. The van der Waals surface area contributed by atoms with Gasteiger partial charge in [-0.05, 0) is 31.2 Å². The van der Waals surface area contributed by atoms with Gasteiger partial charge in [0.15, 0.2) is 0 Å². The van der Waals surface area contributed by atoms with Gasteiger partial charge in [0.2, 0.25) is 11.8 Å². The van der Waals surface area contributed by atoms with Gasteiger partial charge >= 0.3 is 0 Å². The van der Waals surface area contributed by atoms with Crippen LogP contribution in [-0.2, 0) is 20.9 Å². The highest BCUT2D eigenvalue weighted by molar-refractivity contribution is 5.90. The molecule has 0 spiro atoms. The van der Waals surface area contributed by atoms with E-state index in [1.54, 1.807) is 6.92 Å². The number of likely N-dealkylation sites (tertiary alicyclic amines) is 1. The predicted molar refractivity (Wildman–Crippen MR) is 101 cm³/mol. The summed E-state index contributed by atoms with van der Waals surface area (Å²) in [5, 5.41) is 2.80. The second kappa shape index (κ2) is 9.69. The third-order valence-electron chi connectivity index (χ3n) is 4.73. The van der Waals surface area contributed by atoms with Gasteiger partial charge in [-0.15, -0.1) is 0 Å². The summed E-state index contributed by atoms with van der Waals surface area (Å²) in [6.45, 7) is 7.23. The maximum Gasteiger partial charge on any atom is 0.245 e. The highest BCUT2D eigenvalue weighted by atomic mass is 16.5. The van der Waals surface area contributed by atoms with Crippen LogP contribution in [0.4, 0.5) is 0 Å². The van der Waals surface area contributed by atoms with E-state index in [9.17, 15) is 9.59 Å². The summed E-state index contributed by atoms with van der Waals surface area (Å²) in [4.78, 5) is 26.8. The number of amides is 2. The van der Waals surface area contributed by atoms with E-state index in [4.69, 9.17) is 10.5 Å². The SMILES string of the molecule is CC(C)[C@H](NC(=O)[C@H](C)N)C(=O)N1CCC[C@H]1COCc1ccccc1. The molecule has 0 unspecified atom stereocenters. The first-order valence-corrected chi connectivity index (χ1v) is 9.38. The summed E-state index contributed by atoms with van der Waals surface area (Å²) in [5.41, 5.74) is 6.75. The number of carbonyl (C=O) groups is 2. The Bertz CT molecular complexity index is 589. The van der Waals surface area contributed by atoms with Crippen LogP contribution in [0, 0.1) is 5.92 Å². The normalized spacial score (nSPS) is 19.4. The Morgan fingerprint density at radius 3 is 2.58 bits per heavy atom. The number of rotatable bonds is 8. The van der Waals surface area contributed by atoms with Crippen molar-refractivity contribution in [1.82, 2.24) is 10.2 Å². The minimum atomic E-state index is -0.632. The Morgan fingerprint density at radius 2 is 1.96 bits per heavy atom. The van der Waals surface area contributed by atoms with Gasteiger partial charge in [0.05, 0.1) is 25.3 Å². The van der Waals surface area contributed by atoms with Gasteiger partial charge in [-0.3, -0.25) is 9.59 Å². The second-order valence-electron chi connectivity index (χ2n) is 7.35. The van der Waals surface area contributed by atoms with E-state index in [0.29, 0.717) is 19.8 Å². The average molecular weight is 361 g/mol. The number of nitrogens with one attached hydrogen (secondary N) is 1. The quantitative estimate of drug-likeness (QED) is 0.738. The molecule has 144 valence electrons. The van der Waals surface area contributed by atoms with Crippen molar-refractivity contribution in [3.8, 4) is 0 Å². The molecule has 0 saturated carbocycles. The lowest BCUT2D eigenvalue weighted by molar-refractivity contribution is -0.139. The molecular weight excluding hydrogens is 330 g/mol. The topological polar surface area (TPSA) is 84.7 Å². The number of nitrogens with zero attached hydrogens (tertiary/aromatic N) is 1. The molecule has 0 aromatic heterocycles. The van der Waals surface area contributed by atoms with E-state index in [2.05, 4.69) is 5.32 Å². The van der Waals surface area contributed by atoms with Crippen LogP contribution in [0.5, 0.6) is 0 Å². The predicted octanol–water partition coefficient (Wildman–Crippen LogP) is 1.68. The zero-order valence-electron chi connectivity index (χ0n) is 16.0. The van der Waals surface area contributed by atoms with Crippen LogP contribution in [0.1, 0.15) is 39.2 Å². The molecule has 1 aromatic rings. The minimum absolute atomic E-state index is 0.00307. The van der Waals surface area contributed by atoms with Crippen molar-refractivity contribution in [1.29, 1.82) is 0 Å². The van der Waals surface area contributed by atoms with Gasteiger partial charge in [-0.1, -0.05) is 44.2 Å². The summed E-state index contributed by atoms with van der Waals surface area (Å²) >= 11 is 0. The smallest absolute Gasteiger partial charge is 0.245 e. The van der Waals surface area contributed by atoms with Gasteiger partial charge in [-0.25, -0.2) is 0 Å². The first-order valence-electron chi connectivity index (χ1n) is 9.38. The lowest BCUT2D eigenvalue weighted by atomic mass is 10.0. The fraction of sp³-hybridized carbons (Fsp3) is 0.600. The molecule has 3 N–H and O–H groups in total. The zero-order valence-corrected chi connectivity index (χ0v) is 16.0. The summed E-state index contributed by atoms with van der Waals surface area (Å²) in [7, 11) is 0. The van der Waals surface area contributed by atoms with E-state index >= 15 is 0 Å². The monoisotopic (exact) mass is 361 g/mol. The Labute approximate surface area is 156 Å². The van der Waals surface area contributed by atoms with Crippen molar-refractivity contribution in [3.05, 3.63) is 35.9 Å². The van der Waals surface area contributed by atoms with Gasteiger partial charge in [-0.2, -0.15) is 0 Å². The third-order valence-corrected chi connectivity index (χ3v) is 4.73. The van der Waals surface area contributed by atoms with E-state index in [1.165, 1.54) is 0 Å². The lowest BCUT2D eigenvalue weighted by Gasteiger charge is -2.31. The number of ether oxygens (including phenoxy) is 1. The number of carbonyl (C=O) groups excluding carboxylic acids is 2. The van der Waals surface area contributed by atoms with Crippen LogP contribution in [-0.4, -0.2) is 48.0 Å². The van der Waals surface area contributed by atoms with Crippen molar-refractivity contribution in [3.63, 3.8) is 0 Å². The molecule has 3 atom stereocenters. The molecule has 2 amide bonds. The van der Waals surface area contributed by atoms with Crippen LogP contribution in [0.15, 0.2) is 30.3 Å². The first kappa shape index (κ1) is 20.4. The standard InChI is InChI=1S/C20H31N3O3/c1-14(2)18(22-19(24)15(3)21)20(25)23-11-7-10-17(23)13-26-12-16-8-5-4-6-9-16/h4-6,8-9,14-15,17-18H,7,10-13,21H2,1-3H3,(H,22,24)/t15-,17-,18-/m0/s1. The van der Waals surface area contributed by atoms with Crippen molar-refractivity contribution < 1.29 is 14.3 Å². The number of hydrogen-bond acceptors (Lipinski definition) is 4. The molecule has 1 saturated heterocycles. The molecule has 0 bridgehead atoms. The van der Waals surface area contributed by atoms with E-state index in [1.807, 2.05) is 49.1 Å². The highest BCUT2D eigenvalue weighted by Gasteiger charge is 2.35. The average Bonchev–Trinajstić information content (AvgIpc) is 3.08. The van der Waals surface area contributed by atoms with Crippen molar-refractivity contribution in [2.75, 3.05) is 13.2 Å². The van der Waals surface area contributed by atoms with Crippen molar-refractivity contribution in [2.24, 2.45) is 11.7 Å². The summed E-state index contributed by atoms with van der Waals surface area (Å²) < 4.78 is 5.84. The van der Waals surface area contributed by atoms with Gasteiger partial charge in [0, 0.05) is 6.54 Å². The maximum absolute atomic E-state index is 13.0. The van der Waals surface area contributed by atoms with Gasteiger partial charge in [0.25, 0.3) is 0 Å². The zero-order chi connectivity index (χ0) is 19.1. The van der Waals surface area contributed by atoms with E-state index in [-0.39, 0.29) is 23.8 Å². The molecule has 6 heteroatoms. The number of benzene rings is 1. The number of hydrogen-bond donors (Lipinski definition) is 2. The Hall–Kier alpha value is -1.92. The molecule has 1 heterocycles. The number of nitrogens with two attached hydrogens (primary N) is 1. The lowest BCUT2D eigenvalue weighted by Crippen LogP contribution is -2.55. The molecule has 1 fully saturated rings. The Morgan fingerprint density at radius 1 is 1.27 bits per heavy atom. The first-order chi connectivity index (χ1) is 12.4. The summed E-state index contributed by atoms with van der Waals surface area (Å²) in [6.07, 6.45) is 1.88. The Balaban J connectivity index is 1.93. The van der Waals surface area contributed by atoms with E-state index < -0.39 is 12.1 Å². The maximum atomic E-state index is 13.0. The molecule has 1 aliphatic heterocycles. The minimum Gasteiger partial charge on any atom is -0.375 e. The van der Waals surface area contributed by atoms with E-state index in [0.717, 1.165) is 18.4 Å². The molecular formula is C20H31N3O3. The van der Waals surface area contributed by atoms with Crippen molar-refractivity contribution in [2.45, 2.75) is 58.3 Å². The molecule has 26 heavy (non-hydrogen) atoms. The molecule has 0 aliphatic carbocycles. The Kier molecular flexibility index (Phi) is 7.60. The van der Waals surface area contributed by atoms with Crippen LogP contribution >= 0.6 is 0 Å². The summed E-state index contributed by atoms with van der Waals surface area (Å²) in [6, 6.07) is 8.86. The second-order valence-corrected chi connectivity index (χ2v) is 7.35. The fourth-order valence-corrected chi connectivity index (χ4v) is 3.16. The van der Waals surface area contributed by atoms with Crippen molar-refractivity contribution >= 4 is 11.8 Å².